The van der Waals surface area contributed by atoms with Crippen LogP contribution in [0.1, 0.15) is 35.1 Å². The average molecular weight is 522 g/mol. The van der Waals surface area contributed by atoms with Crippen molar-refractivity contribution in [2.24, 2.45) is 9.50 Å². The van der Waals surface area contributed by atoms with Gasteiger partial charge in [0.05, 0.1) is 32.6 Å². The van der Waals surface area contributed by atoms with E-state index < -0.39 is 40.9 Å². The number of amides is 2. The van der Waals surface area contributed by atoms with Crippen LogP contribution >= 0.6 is 0 Å². The van der Waals surface area contributed by atoms with Crippen LogP contribution in [0.4, 0.5) is 10.5 Å². The standard InChI is InChI=1S/C23H31N5O7S/c24-36(33,19-8-25-28-9-16(10-34-21(19)28)35-13-23(32,11-29)12-30)27-22(31)26-20-17-5-1-3-14(17)7-15-4-2-6-18(15)20/h7-8,16,29-30,32H,1-6,9-13H2,(H3,24,26,27,31,33). The highest BCUT2D eigenvalue weighted by Crippen LogP contribution is 2.38. The first-order chi connectivity index (χ1) is 17.2. The summed E-state index contributed by atoms with van der Waals surface area (Å²) in [6.45, 7) is -1.43. The van der Waals surface area contributed by atoms with Gasteiger partial charge in [-0.15, -0.1) is 4.36 Å². The molecule has 13 heteroatoms. The minimum absolute atomic E-state index is 0.00170. The monoisotopic (exact) mass is 521 g/mol. The zero-order chi connectivity index (χ0) is 25.5. The van der Waals surface area contributed by atoms with Crippen molar-refractivity contribution in [2.75, 3.05) is 31.7 Å². The van der Waals surface area contributed by atoms with E-state index in [1.165, 1.54) is 22.0 Å². The second kappa shape index (κ2) is 9.72. The van der Waals surface area contributed by atoms with E-state index >= 15 is 0 Å². The molecule has 1 aromatic heterocycles. The number of carbonyl (C=O) groups is 1. The van der Waals surface area contributed by atoms with Gasteiger partial charge in [0, 0.05) is 5.69 Å². The predicted molar refractivity (Wildman–Crippen MR) is 129 cm³/mol. The van der Waals surface area contributed by atoms with Crippen LogP contribution in [-0.4, -0.2) is 73.5 Å². The number of aryl methyl sites for hydroxylation is 2. The van der Waals surface area contributed by atoms with E-state index in [4.69, 9.17) is 14.6 Å². The summed E-state index contributed by atoms with van der Waals surface area (Å²) in [5.74, 6) is 0.125. The largest absolute Gasteiger partial charge is 0.474 e. The number of anilines is 1. The summed E-state index contributed by atoms with van der Waals surface area (Å²) < 4.78 is 29.7. The first-order valence-electron chi connectivity index (χ1n) is 12.0. The first-order valence-corrected chi connectivity index (χ1v) is 13.6. The van der Waals surface area contributed by atoms with Crippen LogP contribution in [0.5, 0.6) is 5.88 Å². The number of urea groups is 1. The number of nitrogens with zero attached hydrogens (tertiary/aromatic N) is 3. The van der Waals surface area contributed by atoms with Crippen molar-refractivity contribution < 1.29 is 33.8 Å². The number of nitrogens with one attached hydrogen (secondary N) is 1. The molecule has 0 radical (unpaired) electrons. The fraction of sp³-hybridized carbons (Fsp3) is 0.565. The minimum atomic E-state index is -3.66. The van der Waals surface area contributed by atoms with Crippen LogP contribution in [0.3, 0.4) is 0 Å². The summed E-state index contributed by atoms with van der Waals surface area (Å²) in [5.41, 5.74) is 3.80. The van der Waals surface area contributed by atoms with Gasteiger partial charge in [-0.3, -0.25) is 0 Å². The predicted octanol–water partition coefficient (Wildman–Crippen LogP) is 0.287. The molecule has 2 heterocycles. The molecular formula is C23H31N5O7S. The molecule has 2 unspecified atom stereocenters. The van der Waals surface area contributed by atoms with E-state index in [1.807, 2.05) is 0 Å². The molecular weight excluding hydrogens is 490 g/mol. The Morgan fingerprint density at radius 3 is 2.56 bits per heavy atom. The van der Waals surface area contributed by atoms with Crippen LogP contribution in [0.15, 0.2) is 21.5 Å². The van der Waals surface area contributed by atoms with Gasteiger partial charge in [-0.05, 0) is 60.8 Å². The Kier molecular flexibility index (Phi) is 6.78. The van der Waals surface area contributed by atoms with Crippen molar-refractivity contribution in [1.82, 2.24) is 9.78 Å². The lowest BCUT2D eigenvalue weighted by molar-refractivity contribution is -0.131. The third-order valence-electron chi connectivity index (χ3n) is 6.96. The Morgan fingerprint density at radius 2 is 1.92 bits per heavy atom. The Bertz CT molecular complexity index is 1260. The number of ether oxygens (including phenoxy) is 2. The van der Waals surface area contributed by atoms with Crippen LogP contribution in [0.2, 0.25) is 0 Å². The van der Waals surface area contributed by atoms with Gasteiger partial charge in [-0.1, -0.05) is 6.07 Å². The topological polar surface area (TPSA) is 182 Å². The lowest BCUT2D eigenvalue weighted by atomic mass is 9.99. The van der Waals surface area contributed by atoms with E-state index in [0.717, 1.165) is 55.3 Å². The third-order valence-corrected chi connectivity index (χ3v) is 8.30. The second-order valence-corrected chi connectivity index (χ2v) is 11.4. The number of benzene rings is 1. The van der Waals surface area contributed by atoms with Crippen LogP contribution < -0.4 is 15.2 Å². The zero-order valence-corrected chi connectivity index (χ0v) is 20.6. The second-order valence-electron chi connectivity index (χ2n) is 9.60. The molecule has 0 spiro atoms. The first kappa shape index (κ1) is 25.1. The van der Waals surface area contributed by atoms with Gasteiger partial charge in [0.15, 0.2) is 9.92 Å². The number of aliphatic hydroxyl groups is 3. The maximum absolute atomic E-state index is 13.3. The van der Waals surface area contributed by atoms with Crippen molar-refractivity contribution in [3.05, 3.63) is 34.5 Å². The number of fused-ring (bicyclic) bond motifs is 3. The van der Waals surface area contributed by atoms with E-state index in [2.05, 4.69) is 20.8 Å². The van der Waals surface area contributed by atoms with Crippen LogP contribution in [0, 0.1) is 0 Å². The molecule has 5 rings (SSSR count). The Labute approximate surface area is 208 Å². The Balaban J connectivity index is 1.32. The summed E-state index contributed by atoms with van der Waals surface area (Å²) in [5, 5.41) is 41.4. The smallest absolute Gasteiger partial charge is 0.354 e. The normalized spacial score (nSPS) is 20.2. The summed E-state index contributed by atoms with van der Waals surface area (Å²) >= 11 is 0. The molecule has 12 nitrogen and oxygen atoms in total. The molecule has 1 aliphatic heterocycles. The van der Waals surface area contributed by atoms with Crippen LogP contribution in [0.25, 0.3) is 0 Å². The van der Waals surface area contributed by atoms with E-state index in [9.17, 15) is 24.3 Å². The molecule has 2 aromatic rings. The molecule has 2 atom stereocenters. The van der Waals surface area contributed by atoms with Gasteiger partial charge in [0.1, 0.15) is 23.2 Å². The molecule has 6 N–H and O–H groups in total. The van der Waals surface area contributed by atoms with Crippen molar-refractivity contribution in [3.8, 4) is 5.88 Å². The third kappa shape index (κ3) is 4.74. The molecule has 36 heavy (non-hydrogen) atoms. The number of rotatable bonds is 7. The molecule has 0 bridgehead atoms. The number of carbonyl (C=O) groups excluding carboxylic acids is 1. The number of hydrogen-bond donors (Lipinski definition) is 5. The highest BCUT2D eigenvalue weighted by molar-refractivity contribution is 7.91. The zero-order valence-electron chi connectivity index (χ0n) is 19.8. The maximum atomic E-state index is 13.3. The van der Waals surface area contributed by atoms with Crippen molar-refractivity contribution in [1.29, 1.82) is 0 Å². The minimum Gasteiger partial charge on any atom is -0.474 e. The molecule has 2 amide bonds. The molecule has 196 valence electrons. The van der Waals surface area contributed by atoms with Gasteiger partial charge in [-0.2, -0.15) is 5.10 Å². The lowest BCUT2D eigenvalue weighted by Gasteiger charge is -2.29. The van der Waals surface area contributed by atoms with E-state index in [1.54, 1.807) is 0 Å². The molecule has 2 aliphatic carbocycles. The summed E-state index contributed by atoms with van der Waals surface area (Å²) in [6.07, 6.45) is 6.53. The quantitative estimate of drug-likeness (QED) is 0.344. The fourth-order valence-corrected chi connectivity index (χ4v) is 6.04. The van der Waals surface area contributed by atoms with E-state index in [0.29, 0.717) is 0 Å². The van der Waals surface area contributed by atoms with Gasteiger partial charge in [-0.25, -0.2) is 18.8 Å². The van der Waals surface area contributed by atoms with Crippen molar-refractivity contribution in [2.45, 2.75) is 61.7 Å². The molecule has 0 saturated carbocycles. The highest BCUT2D eigenvalue weighted by Gasteiger charge is 2.32. The fourth-order valence-electron chi connectivity index (χ4n) is 5.04. The highest BCUT2D eigenvalue weighted by atomic mass is 32.2. The molecule has 3 aliphatic rings. The SMILES string of the molecule is NS(=O)(=NC(=O)Nc1c2c(cc3c1CCC3)CCC2)c1cnn2c1OCC(OCC(O)(CO)CO)C2. The maximum Gasteiger partial charge on any atom is 0.354 e. The Morgan fingerprint density at radius 1 is 1.25 bits per heavy atom. The number of hydrogen-bond acceptors (Lipinski definition) is 8. The summed E-state index contributed by atoms with van der Waals surface area (Å²) in [4.78, 5) is 12.9. The molecule has 1 aromatic carbocycles. The summed E-state index contributed by atoms with van der Waals surface area (Å²) in [6, 6.07) is 1.48. The van der Waals surface area contributed by atoms with Gasteiger partial charge in [0.2, 0.25) is 5.88 Å². The van der Waals surface area contributed by atoms with E-state index in [-0.39, 0.29) is 30.5 Å². The average Bonchev–Trinajstić information content (AvgIpc) is 3.61. The van der Waals surface area contributed by atoms with Crippen LogP contribution in [-0.2, 0) is 46.9 Å². The van der Waals surface area contributed by atoms with Gasteiger partial charge in [0.25, 0.3) is 0 Å². The lowest BCUT2D eigenvalue weighted by Crippen LogP contribution is -2.45. The number of aliphatic hydroxyl groups excluding tert-OH is 2. The summed E-state index contributed by atoms with van der Waals surface area (Å²) in [7, 11) is -3.66. The van der Waals surface area contributed by atoms with Crippen molar-refractivity contribution >= 4 is 21.6 Å². The molecule has 0 fully saturated rings. The van der Waals surface area contributed by atoms with Gasteiger partial charge >= 0.3 is 6.03 Å². The number of aromatic nitrogens is 2. The van der Waals surface area contributed by atoms with Crippen molar-refractivity contribution in [3.63, 3.8) is 0 Å². The Hall–Kier alpha value is -2.55. The molecule has 0 saturated heterocycles. The number of nitrogens with two attached hydrogens (primary N) is 1. The van der Waals surface area contributed by atoms with Gasteiger partial charge < -0.3 is 30.1 Å².